The quantitative estimate of drug-likeness (QED) is 0.0980. The molecule has 5 rings (SSSR count). The lowest BCUT2D eigenvalue weighted by Crippen LogP contribution is -2.30. The molecule has 7 nitrogen and oxygen atoms in total. The molecule has 236 valence electrons. The third-order valence-electron chi connectivity index (χ3n) is 7.09. The van der Waals surface area contributed by atoms with Crippen LogP contribution in [0, 0.1) is 0 Å². The number of benzene rings is 5. The highest BCUT2D eigenvalue weighted by molar-refractivity contribution is 8.00. The SMILES string of the molecule is CN(C)c1ccc(/C=C(\NC(=O)c2ccccc2)C(=O)Nc2ccc(SC(C(=O)Nc3ccccc3Cl)c3ccccc3)cc2)cc1. The van der Waals surface area contributed by atoms with Crippen LogP contribution >= 0.6 is 23.4 Å². The van der Waals surface area contributed by atoms with Crippen LogP contribution in [0.1, 0.15) is 26.7 Å². The van der Waals surface area contributed by atoms with Crippen LogP contribution in [0.5, 0.6) is 0 Å². The Bertz CT molecular complexity index is 1860. The van der Waals surface area contributed by atoms with Gasteiger partial charge in [0, 0.05) is 35.9 Å². The molecule has 0 aromatic heterocycles. The van der Waals surface area contributed by atoms with Crippen LogP contribution in [0.2, 0.25) is 5.02 Å². The van der Waals surface area contributed by atoms with E-state index < -0.39 is 17.1 Å². The number of amides is 3. The third kappa shape index (κ3) is 9.13. The molecule has 0 radical (unpaired) electrons. The van der Waals surface area contributed by atoms with Crippen LogP contribution in [0.4, 0.5) is 17.1 Å². The molecule has 0 fully saturated rings. The number of halogens is 1. The standard InChI is InChI=1S/C38H33ClN4O3S/c1-43(2)30-21-17-26(18-22-30)25-34(42-36(44)28-13-7-4-8-14-28)37(45)40-29-19-23-31(24-20-29)47-35(27-11-5-3-6-12-27)38(46)41-33-16-10-9-15-32(33)39/h3-25,35H,1-2H3,(H,40,45)(H,41,46)(H,42,44)/b34-25-. The average molecular weight is 661 g/mol. The normalized spacial score (nSPS) is 11.7. The molecule has 1 atom stereocenters. The zero-order valence-corrected chi connectivity index (χ0v) is 27.4. The molecule has 0 aliphatic carbocycles. The van der Waals surface area contributed by atoms with Gasteiger partial charge in [-0.3, -0.25) is 14.4 Å². The van der Waals surface area contributed by atoms with Gasteiger partial charge in [-0.25, -0.2) is 0 Å². The van der Waals surface area contributed by atoms with Crippen molar-refractivity contribution < 1.29 is 14.4 Å². The van der Waals surface area contributed by atoms with Crippen LogP contribution in [0.15, 0.2) is 144 Å². The predicted molar refractivity (Wildman–Crippen MR) is 193 cm³/mol. The van der Waals surface area contributed by atoms with Gasteiger partial charge in [0.15, 0.2) is 0 Å². The lowest BCUT2D eigenvalue weighted by atomic mass is 10.1. The molecule has 0 saturated heterocycles. The summed E-state index contributed by atoms with van der Waals surface area (Å²) in [5.41, 5.74) is 4.19. The number of hydrogen-bond acceptors (Lipinski definition) is 5. The summed E-state index contributed by atoms with van der Waals surface area (Å²) < 4.78 is 0. The van der Waals surface area contributed by atoms with E-state index in [2.05, 4.69) is 16.0 Å². The van der Waals surface area contributed by atoms with Gasteiger partial charge in [-0.05, 0) is 77.9 Å². The number of nitrogens with zero attached hydrogens (tertiary/aromatic N) is 1. The van der Waals surface area contributed by atoms with Crippen molar-refractivity contribution in [1.82, 2.24) is 5.32 Å². The molecule has 47 heavy (non-hydrogen) atoms. The van der Waals surface area contributed by atoms with Crippen LogP contribution in [0.25, 0.3) is 6.08 Å². The molecule has 0 heterocycles. The van der Waals surface area contributed by atoms with E-state index in [1.54, 1.807) is 60.7 Å². The number of carbonyl (C=O) groups excluding carboxylic acids is 3. The molecule has 3 N–H and O–H groups in total. The first-order valence-electron chi connectivity index (χ1n) is 14.8. The maximum absolute atomic E-state index is 13.5. The van der Waals surface area contributed by atoms with Gasteiger partial charge in [0.1, 0.15) is 10.9 Å². The number of carbonyl (C=O) groups is 3. The number of thioether (sulfide) groups is 1. The minimum Gasteiger partial charge on any atom is -0.378 e. The molecule has 5 aromatic rings. The van der Waals surface area contributed by atoms with E-state index in [-0.39, 0.29) is 11.6 Å². The highest BCUT2D eigenvalue weighted by Crippen LogP contribution is 2.37. The zero-order chi connectivity index (χ0) is 33.2. The molecule has 3 amide bonds. The molecule has 0 aliphatic heterocycles. The van der Waals surface area contributed by atoms with Crippen molar-refractivity contribution >= 4 is 64.2 Å². The minimum atomic E-state index is -0.561. The Labute approximate surface area is 283 Å². The van der Waals surface area contributed by atoms with Gasteiger partial charge in [0.2, 0.25) is 5.91 Å². The fourth-order valence-electron chi connectivity index (χ4n) is 4.59. The highest BCUT2D eigenvalue weighted by atomic mass is 35.5. The molecule has 0 saturated carbocycles. The van der Waals surface area contributed by atoms with Crippen LogP contribution in [-0.2, 0) is 9.59 Å². The Hall–Kier alpha value is -5.31. The van der Waals surface area contributed by atoms with Crippen molar-refractivity contribution in [3.63, 3.8) is 0 Å². The Morgan fingerprint density at radius 2 is 1.34 bits per heavy atom. The Morgan fingerprint density at radius 1 is 0.723 bits per heavy atom. The molecular formula is C38H33ClN4O3S. The molecule has 0 spiro atoms. The van der Waals surface area contributed by atoms with Crippen LogP contribution in [-0.4, -0.2) is 31.8 Å². The number of para-hydroxylation sites is 1. The summed E-state index contributed by atoms with van der Waals surface area (Å²) >= 11 is 7.68. The summed E-state index contributed by atoms with van der Waals surface area (Å²) in [6.07, 6.45) is 1.64. The first kappa shape index (κ1) is 33.1. The lowest BCUT2D eigenvalue weighted by molar-refractivity contribution is -0.116. The summed E-state index contributed by atoms with van der Waals surface area (Å²) in [4.78, 5) is 42.8. The zero-order valence-electron chi connectivity index (χ0n) is 25.8. The molecular weight excluding hydrogens is 628 g/mol. The summed E-state index contributed by atoms with van der Waals surface area (Å²) in [5.74, 6) is -1.09. The van der Waals surface area contributed by atoms with Crippen molar-refractivity contribution in [3.8, 4) is 0 Å². The summed E-state index contributed by atoms with van der Waals surface area (Å²) in [7, 11) is 3.90. The smallest absolute Gasteiger partial charge is 0.272 e. The highest BCUT2D eigenvalue weighted by Gasteiger charge is 2.23. The second kappa shape index (κ2) is 15.8. The largest absolute Gasteiger partial charge is 0.378 e. The first-order chi connectivity index (χ1) is 22.8. The van der Waals surface area contributed by atoms with E-state index in [1.807, 2.05) is 97.9 Å². The fourth-order valence-corrected chi connectivity index (χ4v) is 5.80. The maximum atomic E-state index is 13.5. The number of nitrogens with one attached hydrogen (secondary N) is 3. The number of hydrogen-bond donors (Lipinski definition) is 3. The molecule has 0 bridgehead atoms. The molecule has 1 unspecified atom stereocenters. The van der Waals surface area contributed by atoms with Crippen molar-refractivity contribution in [2.75, 3.05) is 29.6 Å². The number of rotatable bonds is 11. The van der Waals surface area contributed by atoms with Crippen molar-refractivity contribution in [2.24, 2.45) is 0 Å². The molecule has 0 aliphatic rings. The van der Waals surface area contributed by atoms with E-state index in [9.17, 15) is 14.4 Å². The van der Waals surface area contributed by atoms with Gasteiger partial charge in [-0.2, -0.15) is 0 Å². The van der Waals surface area contributed by atoms with Gasteiger partial charge < -0.3 is 20.9 Å². The Kier molecular flexibility index (Phi) is 11.1. The lowest BCUT2D eigenvalue weighted by Gasteiger charge is -2.18. The van der Waals surface area contributed by atoms with Crippen LogP contribution in [0.3, 0.4) is 0 Å². The second-order valence-electron chi connectivity index (χ2n) is 10.7. The summed E-state index contributed by atoms with van der Waals surface area (Å²) in [6, 6.07) is 40.2. The van der Waals surface area contributed by atoms with Gasteiger partial charge in [0.05, 0.1) is 10.7 Å². The Morgan fingerprint density at radius 3 is 1.98 bits per heavy atom. The van der Waals surface area contributed by atoms with E-state index in [0.29, 0.717) is 22.0 Å². The monoisotopic (exact) mass is 660 g/mol. The van der Waals surface area contributed by atoms with Crippen LogP contribution < -0.4 is 20.9 Å². The van der Waals surface area contributed by atoms with Gasteiger partial charge in [-0.15, -0.1) is 11.8 Å². The van der Waals surface area contributed by atoms with Crippen molar-refractivity contribution in [3.05, 3.63) is 161 Å². The van der Waals surface area contributed by atoms with Gasteiger partial charge in [0.25, 0.3) is 11.8 Å². The van der Waals surface area contributed by atoms with E-state index in [0.717, 1.165) is 21.7 Å². The maximum Gasteiger partial charge on any atom is 0.272 e. The van der Waals surface area contributed by atoms with E-state index in [1.165, 1.54) is 11.8 Å². The molecule has 9 heteroatoms. The van der Waals surface area contributed by atoms with Gasteiger partial charge in [-0.1, -0.05) is 84.4 Å². The fraction of sp³-hybridized carbons (Fsp3) is 0.0789. The predicted octanol–water partition coefficient (Wildman–Crippen LogP) is 8.29. The number of anilines is 3. The topological polar surface area (TPSA) is 90.5 Å². The third-order valence-corrected chi connectivity index (χ3v) is 8.68. The minimum absolute atomic E-state index is 0.0929. The Balaban J connectivity index is 1.33. The van der Waals surface area contributed by atoms with Gasteiger partial charge >= 0.3 is 0 Å². The van der Waals surface area contributed by atoms with E-state index in [4.69, 9.17) is 11.6 Å². The average Bonchev–Trinajstić information content (AvgIpc) is 3.09. The summed E-state index contributed by atoms with van der Waals surface area (Å²) in [5, 5.41) is 8.50. The molecule has 5 aromatic carbocycles. The summed E-state index contributed by atoms with van der Waals surface area (Å²) in [6.45, 7) is 0. The first-order valence-corrected chi connectivity index (χ1v) is 16.1. The van der Waals surface area contributed by atoms with Crippen molar-refractivity contribution in [1.29, 1.82) is 0 Å². The second-order valence-corrected chi connectivity index (χ2v) is 12.3. The van der Waals surface area contributed by atoms with Crippen molar-refractivity contribution in [2.45, 2.75) is 10.1 Å². The van der Waals surface area contributed by atoms with E-state index >= 15 is 0 Å².